The molecule has 2 aliphatic rings. The summed E-state index contributed by atoms with van der Waals surface area (Å²) in [5.74, 6) is 0.0152. The number of nitrogens with one attached hydrogen (secondary N) is 6. The molecule has 1 aromatic heterocycles. The van der Waals surface area contributed by atoms with Crippen molar-refractivity contribution in [2.75, 3.05) is 32.1 Å². The molecule has 248 valence electrons. The highest BCUT2D eigenvalue weighted by Gasteiger charge is 2.42. The van der Waals surface area contributed by atoms with Gasteiger partial charge in [0.05, 0.1) is 12.3 Å². The van der Waals surface area contributed by atoms with Gasteiger partial charge in [-0.05, 0) is 74.2 Å². The minimum atomic E-state index is -0.557. The molecule has 12 heteroatoms. The van der Waals surface area contributed by atoms with E-state index in [2.05, 4.69) is 78.1 Å². The number of aromatic nitrogens is 2. The SMILES string of the molecule is CNC1CC(C)(C)CC(C)(CNC(=O)Nc2nc(C)c(CCOC(=O)NCC3(C)CC(NC(C)=O)CC(C)(C)C3)c(=O)[nH]2)C1. The van der Waals surface area contributed by atoms with Crippen molar-refractivity contribution in [1.29, 1.82) is 0 Å². The molecule has 4 amide bonds. The monoisotopic (exact) mass is 617 g/mol. The predicted octanol–water partition coefficient (Wildman–Crippen LogP) is 3.99. The van der Waals surface area contributed by atoms with Crippen molar-refractivity contribution in [3.63, 3.8) is 0 Å². The number of H-pyrrole nitrogens is 1. The number of aryl methyl sites for hydroxylation is 1. The normalized spacial score (nSPS) is 27.6. The fourth-order valence-corrected chi connectivity index (χ4v) is 8.12. The van der Waals surface area contributed by atoms with Crippen molar-refractivity contribution in [2.45, 2.75) is 112 Å². The molecule has 6 N–H and O–H groups in total. The molecule has 0 aromatic carbocycles. The minimum Gasteiger partial charge on any atom is -0.449 e. The largest absolute Gasteiger partial charge is 0.449 e. The molecule has 44 heavy (non-hydrogen) atoms. The summed E-state index contributed by atoms with van der Waals surface area (Å²) >= 11 is 0. The predicted molar refractivity (Wildman–Crippen MR) is 172 cm³/mol. The second-order valence-electron chi connectivity index (χ2n) is 15.5. The zero-order chi connectivity index (χ0) is 32.9. The summed E-state index contributed by atoms with van der Waals surface area (Å²) in [5, 5.41) is 14.9. The van der Waals surface area contributed by atoms with Crippen molar-refractivity contribution in [3.05, 3.63) is 21.6 Å². The maximum atomic E-state index is 12.8. The van der Waals surface area contributed by atoms with Gasteiger partial charge in [-0.1, -0.05) is 41.5 Å². The third kappa shape index (κ3) is 10.5. The van der Waals surface area contributed by atoms with Crippen LogP contribution in [0.4, 0.5) is 15.5 Å². The van der Waals surface area contributed by atoms with Crippen LogP contribution in [0.1, 0.15) is 98.2 Å². The summed E-state index contributed by atoms with van der Waals surface area (Å²) in [4.78, 5) is 56.6. The van der Waals surface area contributed by atoms with Gasteiger partial charge < -0.3 is 26.0 Å². The molecule has 4 unspecified atom stereocenters. The Balaban J connectivity index is 1.47. The van der Waals surface area contributed by atoms with Gasteiger partial charge in [-0.15, -0.1) is 0 Å². The van der Waals surface area contributed by atoms with Crippen LogP contribution >= 0.6 is 0 Å². The van der Waals surface area contributed by atoms with Gasteiger partial charge in [0.15, 0.2) is 0 Å². The van der Waals surface area contributed by atoms with Gasteiger partial charge in [-0.2, -0.15) is 0 Å². The quantitative estimate of drug-likeness (QED) is 0.231. The van der Waals surface area contributed by atoms with Gasteiger partial charge in [0.2, 0.25) is 11.9 Å². The fourth-order valence-electron chi connectivity index (χ4n) is 8.12. The number of rotatable bonds is 10. The summed E-state index contributed by atoms with van der Waals surface area (Å²) in [6.45, 7) is 17.3. The molecule has 0 spiro atoms. The molecule has 1 aromatic rings. The van der Waals surface area contributed by atoms with Gasteiger partial charge in [0.1, 0.15) is 0 Å². The number of anilines is 1. The summed E-state index contributed by atoms with van der Waals surface area (Å²) in [7, 11) is 1.98. The Labute approximate surface area is 262 Å². The summed E-state index contributed by atoms with van der Waals surface area (Å²) in [5.41, 5.74) is 0.395. The first-order valence-electron chi connectivity index (χ1n) is 15.8. The third-order valence-electron chi connectivity index (χ3n) is 9.08. The number of carbonyl (C=O) groups excluding carboxylic acids is 3. The molecule has 2 saturated carbocycles. The van der Waals surface area contributed by atoms with E-state index in [0.717, 1.165) is 38.5 Å². The Bertz CT molecular complexity index is 1260. The Morgan fingerprint density at radius 1 is 0.909 bits per heavy atom. The average Bonchev–Trinajstić information content (AvgIpc) is 2.85. The maximum absolute atomic E-state index is 12.8. The van der Waals surface area contributed by atoms with Crippen molar-refractivity contribution >= 4 is 24.0 Å². The molecule has 0 radical (unpaired) electrons. The summed E-state index contributed by atoms with van der Waals surface area (Å²) < 4.78 is 5.37. The Morgan fingerprint density at radius 3 is 2.05 bits per heavy atom. The van der Waals surface area contributed by atoms with Crippen LogP contribution in [-0.4, -0.2) is 66.8 Å². The van der Waals surface area contributed by atoms with Crippen molar-refractivity contribution in [2.24, 2.45) is 21.7 Å². The van der Waals surface area contributed by atoms with Crippen LogP contribution in [0.15, 0.2) is 4.79 Å². The summed E-state index contributed by atoms with van der Waals surface area (Å²) in [6.07, 6.45) is 5.25. The van der Waals surface area contributed by atoms with Gasteiger partial charge in [0, 0.05) is 44.1 Å². The molecule has 3 rings (SSSR count). The molecule has 0 bridgehead atoms. The Kier molecular flexibility index (Phi) is 11.1. The van der Waals surface area contributed by atoms with E-state index in [4.69, 9.17) is 4.74 Å². The van der Waals surface area contributed by atoms with Crippen LogP contribution < -0.4 is 32.1 Å². The van der Waals surface area contributed by atoms with Crippen LogP contribution in [0.3, 0.4) is 0 Å². The molecular formula is C32H55N7O5. The molecule has 12 nitrogen and oxygen atoms in total. The van der Waals surface area contributed by atoms with Gasteiger partial charge in [0.25, 0.3) is 5.56 Å². The molecule has 2 aliphatic carbocycles. The van der Waals surface area contributed by atoms with Crippen LogP contribution in [0.25, 0.3) is 0 Å². The minimum absolute atomic E-state index is 0.00393. The lowest BCUT2D eigenvalue weighted by Crippen LogP contribution is -2.50. The fraction of sp³-hybridized carbons (Fsp3) is 0.781. The number of ether oxygens (including phenoxy) is 1. The van der Waals surface area contributed by atoms with Crippen molar-refractivity contribution in [3.8, 4) is 0 Å². The number of aromatic amines is 1. The lowest BCUT2D eigenvalue weighted by molar-refractivity contribution is -0.120. The Hall–Kier alpha value is -3.15. The van der Waals surface area contributed by atoms with Gasteiger partial charge in [-0.3, -0.25) is 19.9 Å². The maximum Gasteiger partial charge on any atom is 0.407 e. The van der Waals surface area contributed by atoms with E-state index in [-0.39, 0.29) is 52.6 Å². The number of alkyl carbamates (subject to hydrolysis) is 1. The van der Waals surface area contributed by atoms with Crippen LogP contribution in [0.2, 0.25) is 0 Å². The van der Waals surface area contributed by atoms with Gasteiger partial charge >= 0.3 is 12.1 Å². The van der Waals surface area contributed by atoms with E-state index in [1.54, 1.807) is 6.92 Å². The van der Waals surface area contributed by atoms with Crippen LogP contribution in [0.5, 0.6) is 0 Å². The van der Waals surface area contributed by atoms with E-state index in [0.29, 0.717) is 30.4 Å². The first kappa shape index (κ1) is 35.3. The van der Waals surface area contributed by atoms with Crippen LogP contribution in [-0.2, 0) is 16.0 Å². The van der Waals surface area contributed by atoms with E-state index in [1.807, 2.05) is 7.05 Å². The Morgan fingerprint density at radius 2 is 1.48 bits per heavy atom. The van der Waals surface area contributed by atoms with E-state index >= 15 is 0 Å². The smallest absolute Gasteiger partial charge is 0.407 e. The lowest BCUT2D eigenvalue weighted by Gasteiger charge is -2.46. The second kappa shape index (κ2) is 13.9. The summed E-state index contributed by atoms with van der Waals surface area (Å²) in [6, 6.07) is 0.0289. The average molecular weight is 618 g/mol. The first-order valence-corrected chi connectivity index (χ1v) is 15.8. The number of hydrogen-bond acceptors (Lipinski definition) is 7. The second-order valence-corrected chi connectivity index (χ2v) is 15.5. The highest BCUT2D eigenvalue weighted by atomic mass is 16.5. The highest BCUT2D eigenvalue weighted by molar-refractivity contribution is 5.87. The number of nitrogens with zero attached hydrogens (tertiary/aromatic N) is 1. The molecule has 0 saturated heterocycles. The van der Waals surface area contributed by atoms with E-state index in [9.17, 15) is 19.2 Å². The number of amides is 4. The van der Waals surface area contributed by atoms with E-state index in [1.165, 1.54) is 6.92 Å². The molecule has 4 atom stereocenters. The zero-order valence-corrected chi connectivity index (χ0v) is 28.2. The van der Waals surface area contributed by atoms with Crippen molar-refractivity contribution < 1.29 is 19.1 Å². The van der Waals surface area contributed by atoms with Gasteiger partial charge in [-0.25, -0.2) is 14.6 Å². The number of urea groups is 1. The highest BCUT2D eigenvalue weighted by Crippen LogP contribution is 2.46. The lowest BCUT2D eigenvalue weighted by atomic mass is 9.62. The molecule has 0 aliphatic heterocycles. The molecular weight excluding hydrogens is 562 g/mol. The zero-order valence-electron chi connectivity index (χ0n) is 28.2. The number of carbonyl (C=O) groups is 3. The molecule has 1 heterocycles. The van der Waals surface area contributed by atoms with Crippen molar-refractivity contribution in [1.82, 2.24) is 31.2 Å². The standard InChI is InChI=1S/C32H55N7O5/c1-20-24(10-11-44-28(43)35-19-32(8)15-23(37-21(2)40)13-30(5,6)17-32)25(41)38-26(36-20)39-27(42)34-18-31(7)14-22(33-9)12-29(3,4)16-31/h22-23,33H,10-19H2,1-9H3,(H,35,43)(H,37,40)(H3,34,36,38,39,41,42). The van der Waals surface area contributed by atoms with Crippen LogP contribution in [0, 0.1) is 28.6 Å². The molecule has 2 fully saturated rings. The first-order chi connectivity index (χ1) is 20.3. The number of hydrogen-bond donors (Lipinski definition) is 6. The third-order valence-corrected chi connectivity index (χ3v) is 9.08. The topological polar surface area (TPSA) is 166 Å². The van der Waals surface area contributed by atoms with E-state index < -0.39 is 17.7 Å².